The second kappa shape index (κ2) is 5.58. The third-order valence-corrected chi connectivity index (χ3v) is 6.21. The van der Waals surface area contributed by atoms with Gasteiger partial charge in [-0.15, -0.1) is 0 Å². The molecule has 0 aliphatic heterocycles. The molecule has 5 rings (SSSR count). The number of aryl methyl sites for hydroxylation is 4. The maximum Gasteiger partial charge on any atom is -0.0131 e. The second-order valence-electron chi connectivity index (χ2n) is 9.02. The van der Waals surface area contributed by atoms with Gasteiger partial charge in [0, 0.05) is 0 Å². The maximum absolute atomic E-state index is 2.40. The zero-order valence-corrected chi connectivity index (χ0v) is 16.0. The Bertz CT molecular complexity index is 941. The minimum Gasteiger partial charge on any atom is -0.0581 e. The van der Waals surface area contributed by atoms with Gasteiger partial charge in [-0.05, 0) is 87.2 Å². The zero-order valence-electron chi connectivity index (χ0n) is 16.0. The van der Waals surface area contributed by atoms with E-state index >= 15 is 0 Å². The van der Waals surface area contributed by atoms with Gasteiger partial charge in [-0.3, -0.25) is 0 Å². The van der Waals surface area contributed by atoms with Crippen LogP contribution in [0.4, 0.5) is 0 Å². The standard InChI is InChI=1S/C26H26/c1-26(2,3)25-15-23(21-10-6-17-4-8-19(17)12-21)14-24(16-25)22-11-7-18-5-9-20(18)13-22/h6-7,10-16H,4-5,8-9H2,1-3H3. The van der Waals surface area contributed by atoms with E-state index in [1.807, 2.05) is 0 Å². The van der Waals surface area contributed by atoms with Crippen LogP contribution in [0.2, 0.25) is 0 Å². The van der Waals surface area contributed by atoms with E-state index in [0.29, 0.717) is 0 Å². The molecule has 3 aromatic rings. The summed E-state index contributed by atoms with van der Waals surface area (Å²) < 4.78 is 0. The Morgan fingerprint density at radius 3 is 1.31 bits per heavy atom. The number of hydrogen-bond donors (Lipinski definition) is 0. The van der Waals surface area contributed by atoms with Crippen molar-refractivity contribution in [2.45, 2.75) is 51.9 Å². The molecular weight excluding hydrogens is 312 g/mol. The van der Waals surface area contributed by atoms with Gasteiger partial charge >= 0.3 is 0 Å². The van der Waals surface area contributed by atoms with Crippen molar-refractivity contribution in [2.75, 3.05) is 0 Å². The lowest BCUT2D eigenvalue weighted by atomic mass is 9.81. The molecule has 0 radical (unpaired) electrons. The second-order valence-corrected chi connectivity index (χ2v) is 9.02. The van der Waals surface area contributed by atoms with Crippen LogP contribution in [-0.2, 0) is 31.1 Å². The summed E-state index contributed by atoms with van der Waals surface area (Å²) >= 11 is 0. The third-order valence-electron chi connectivity index (χ3n) is 6.21. The fourth-order valence-electron chi connectivity index (χ4n) is 4.14. The van der Waals surface area contributed by atoms with Gasteiger partial charge in [0.15, 0.2) is 0 Å². The molecule has 0 fully saturated rings. The molecule has 0 bridgehead atoms. The van der Waals surface area contributed by atoms with E-state index in [0.717, 1.165) is 0 Å². The van der Waals surface area contributed by atoms with Crippen molar-refractivity contribution in [3.63, 3.8) is 0 Å². The largest absolute Gasteiger partial charge is 0.0581 e. The Labute approximate surface area is 156 Å². The van der Waals surface area contributed by atoms with Crippen molar-refractivity contribution < 1.29 is 0 Å². The maximum atomic E-state index is 2.40. The van der Waals surface area contributed by atoms with Gasteiger partial charge in [0.05, 0.1) is 0 Å². The average Bonchev–Trinajstić information content (AvgIpc) is 2.56. The first-order valence-electron chi connectivity index (χ1n) is 9.87. The van der Waals surface area contributed by atoms with Crippen LogP contribution in [0.1, 0.15) is 48.6 Å². The van der Waals surface area contributed by atoms with Crippen LogP contribution >= 0.6 is 0 Å². The fourth-order valence-corrected chi connectivity index (χ4v) is 4.14. The van der Waals surface area contributed by atoms with Crippen LogP contribution in [0.25, 0.3) is 22.3 Å². The van der Waals surface area contributed by atoms with Crippen molar-refractivity contribution in [3.05, 3.63) is 82.4 Å². The van der Waals surface area contributed by atoms with E-state index in [9.17, 15) is 0 Å². The van der Waals surface area contributed by atoms with E-state index in [2.05, 4.69) is 75.4 Å². The highest BCUT2D eigenvalue weighted by molar-refractivity contribution is 5.76. The van der Waals surface area contributed by atoms with Crippen LogP contribution in [0, 0.1) is 0 Å². The minimum atomic E-state index is 0.143. The zero-order chi connectivity index (χ0) is 17.9. The van der Waals surface area contributed by atoms with Crippen LogP contribution in [-0.4, -0.2) is 0 Å². The van der Waals surface area contributed by atoms with E-state index in [-0.39, 0.29) is 5.41 Å². The van der Waals surface area contributed by atoms with E-state index in [1.165, 1.54) is 75.8 Å². The number of benzene rings is 3. The molecule has 0 N–H and O–H groups in total. The van der Waals surface area contributed by atoms with Gasteiger partial charge in [-0.1, -0.05) is 69.3 Å². The van der Waals surface area contributed by atoms with Gasteiger partial charge in [0.25, 0.3) is 0 Å². The predicted octanol–water partition coefficient (Wildman–Crippen LogP) is 6.52. The van der Waals surface area contributed by atoms with Crippen molar-refractivity contribution in [2.24, 2.45) is 0 Å². The van der Waals surface area contributed by atoms with Crippen LogP contribution in [0.5, 0.6) is 0 Å². The highest BCUT2D eigenvalue weighted by Gasteiger charge is 2.19. The summed E-state index contributed by atoms with van der Waals surface area (Å²) in [5.41, 5.74) is 13.1. The first-order chi connectivity index (χ1) is 12.5. The molecule has 0 saturated carbocycles. The molecule has 0 unspecified atom stereocenters. The lowest BCUT2D eigenvalue weighted by Gasteiger charge is -2.24. The normalized spacial score (nSPS) is 14.9. The topological polar surface area (TPSA) is 0 Å². The van der Waals surface area contributed by atoms with Crippen molar-refractivity contribution in [1.29, 1.82) is 0 Å². The molecule has 0 heteroatoms. The molecule has 0 atom stereocenters. The summed E-state index contributed by atoms with van der Waals surface area (Å²) in [6.07, 6.45) is 4.97. The fraction of sp³-hybridized carbons (Fsp3) is 0.308. The molecule has 0 amide bonds. The summed E-state index contributed by atoms with van der Waals surface area (Å²) in [5.74, 6) is 0. The molecule has 0 aromatic heterocycles. The van der Waals surface area contributed by atoms with Crippen LogP contribution < -0.4 is 0 Å². The van der Waals surface area contributed by atoms with E-state index in [4.69, 9.17) is 0 Å². The van der Waals surface area contributed by atoms with Gasteiger partial charge in [-0.25, -0.2) is 0 Å². The third kappa shape index (κ3) is 2.60. The Morgan fingerprint density at radius 1 is 0.500 bits per heavy atom. The SMILES string of the molecule is CC(C)(C)c1cc(-c2ccc3c(c2)CC3)cc(-c2ccc3c(c2)CC3)c1. The molecule has 0 saturated heterocycles. The summed E-state index contributed by atoms with van der Waals surface area (Å²) in [6, 6.07) is 21.2. The minimum absolute atomic E-state index is 0.143. The van der Waals surface area contributed by atoms with E-state index in [1.54, 1.807) is 0 Å². The van der Waals surface area contributed by atoms with Gasteiger partial charge < -0.3 is 0 Å². The summed E-state index contributed by atoms with van der Waals surface area (Å²) in [4.78, 5) is 0. The number of fused-ring (bicyclic) bond motifs is 2. The molecule has 3 aromatic carbocycles. The van der Waals surface area contributed by atoms with Crippen molar-refractivity contribution >= 4 is 0 Å². The molecule has 26 heavy (non-hydrogen) atoms. The lowest BCUT2D eigenvalue weighted by Crippen LogP contribution is -2.12. The quantitative estimate of drug-likeness (QED) is 0.499. The monoisotopic (exact) mass is 338 g/mol. The van der Waals surface area contributed by atoms with Gasteiger partial charge in [-0.2, -0.15) is 0 Å². The summed E-state index contributed by atoms with van der Waals surface area (Å²) in [5, 5.41) is 0. The molecule has 0 heterocycles. The molecule has 0 spiro atoms. The Balaban J connectivity index is 1.66. The average molecular weight is 338 g/mol. The van der Waals surface area contributed by atoms with Crippen molar-refractivity contribution in [3.8, 4) is 22.3 Å². The first kappa shape index (κ1) is 15.9. The summed E-state index contributed by atoms with van der Waals surface area (Å²) in [6.45, 7) is 6.93. The molecule has 2 aliphatic carbocycles. The van der Waals surface area contributed by atoms with Crippen LogP contribution in [0.15, 0.2) is 54.6 Å². The Hall–Kier alpha value is -2.34. The van der Waals surface area contributed by atoms with Crippen molar-refractivity contribution in [1.82, 2.24) is 0 Å². The number of hydrogen-bond acceptors (Lipinski definition) is 0. The van der Waals surface area contributed by atoms with Gasteiger partial charge in [0.2, 0.25) is 0 Å². The number of rotatable bonds is 2. The molecular formula is C26H26. The highest BCUT2D eigenvalue weighted by Crippen LogP contribution is 2.36. The highest BCUT2D eigenvalue weighted by atomic mass is 14.2. The van der Waals surface area contributed by atoms with E-state index < -0.39 is 0 Å². The molecule has 130 valence electrons. The predicted molar refractivity (Wildman–Crippen MR) is 111 cm³/mol. The molecule has 0 nitrogen and oxygen atoms in total. The molecule has 2 aliphatic rings. The Morgan fingerprint density at radius 2 is 0.962 bits per heavy atom. The Kier molecular flexibility index (Phi) is 3.41. The van der Waals surface area contributed by atoms with Gasteiger partial charge in [0.1, 0.15) is 0 Å². The smallest absolute Gasteiger partial charge is 0.0131 e. The first-order valence-corrected chi connectivity index (χ1v) is 9.87. The lowest BCUT2D eigenvalue weighted by molar-refractivity contribution is 0.590. The summed E-state index contributed by atoms with van der Waals surface area (Å²) in [7, 11) is 0. The van der Waals surface area contributed by atoms with Crippen LogP contribution in [0.3, 0.4) is 0 Å².